The Kier molecular flexibility index (Phi) is 4.79. The topological polar surface area (TPSA) is 114 Å². The average molecular weight is 326 g/mol. The molecule has 0 spiro atoms. The van der Waals surface area contributed by atoms with Crippen LogP contribution in [0.5, 0.6) is 5.75 Å². The van der Waals surface area contributed by atoms with E-state index in [0.717, 1.165) is 6.07 Å². The molecular formula is C14H12ClNO6. The molecule has 7 nitrogen and oxygen atoms in total. The first kappa shape index (κ1) is 16.0. The van der Waals surface area contributed by atoms with Crippen LogP contribution in [0.4, 0.5) is 0 Å². The van der Waals surface area contributed by atoms with Crippen molar-refractivity contribution in [3.8, 4) is 5.75 Å². The van der Waals surface area contributed by atoms with Crippen LogP contribution in [0, 0.1) is 10.1 Å². The van der Waals surface area contributed by atoms with Crippen LogP contribution >= 0.6 is 11.6 Å². The van der Waals surface area contributed by atoms with E-state index in [-0.39, 0.29) is 11.5 Å². The zero-order valence-corrected chi connectivity index (χ0v) is 12.0. The number of aromatic hydroxyl groups is 1. The van der Waals surface area contributed by atoms with Gasteiger partial charge in [0.15, 0.2) is 5.76 Å². The first-order chi connectivity index (χ1) is 10.4. The molecule has 1 aromatic carbocycles. The number of nitro groups is 1. The molecule has 8 heteroatoms. The van der Waals surface area contributed by atoms with Gasteiger partial charge in [-0.2, -0.15) is 0 Å². The van der Waals surface area contributed by atoms with E-state index in [1.165, 1.54) is 12.1 Å². The fourth-order valence-corrected chi connectivity index (χ4v) is 2.18. The Morgan fingerprint density at radius 1 is 1.32 bits per heavy atom. The van der Waals surface area contributed by atoms with Gasteiger partial charge in [0.1, 0.15) is 18.3 Å². The number of benzene rings is 1. The Bertz CT molecular complexity index is 740. The number of hydrogen-bond acceptors (Lipinski definition) is 6. The molecular weight excluding hydrogens is 314 g/mol. The van der Waals surface area contributed by atoms with Crippen molar-refractivity contribution < 1.29 is 19.6 Å². The first-order valence-electron chi connectivity index (χ1n) is 6.26. The van der Waals surface area contributed by atoms with Crippen molar-refractivity contribution in [3.63, 3.8) is 0 Å². The summed E-state index contributed by atoms with van der Waals surface area (Å²) in [5, 5.41) is 30.3. The van der Waals surface area contributed by atoms with Crippen molar-refractivity contribution in [2.45, 2.75) is 12.5 Å². The van der Waals surface area contributed by atoms with Crippen LogP contribution in [0.15, 0.2) is 39.5 Å². The normalized spacial score (nSPS) is 12.1. The summed E-state index contributed by atoms with van der Waals surface area (Å²) in [7, 11) is 0. The predicted molar refractivity (Wildman–Crippen MR) is 77.7 cm³/mol. The molecule has 2 aromatic rings. The largest absolute Gasteiger partial charge is 0.502 e. The lowest BCUT2D eigenvalue weighted by atomic mass is 9.95. The second-order valence-electron chi connectivity index (χ2n) is 4.57. The lowest BCUT2D eigenvalue weighted by Crippen LogP contribution is -2.17. The van der Waals surface area contributed by atoms with Gasteiger partial charge in [-0.25, -0.2) is 0 Å². The van der Waals surface area contributed by atoms with Crippen molar-refractivity contribution in [1.29, 1.82) is 0 Å². The van der Waals surface area contributed by atoms with Gasteiger partial charge in [-0.1, -0.05) is 23.7 Å². The van der Waals surface area contributed by atoms with Gasteiger partial charge in [-0.15, -0.1) is 0 Å². The Labute approximate surface area is 129 Å². The van der Waals surface area contributed by atoms with Gasteiger partial charge in [0.2, 0.25) is 17.7 Å². The standard InChI is InChI=1S/C14H12ClNO6/c15-9-3-1-8(2-4-9)11(6-16(20)21)14-13(19)12(18)5-10(7-17)22-14/h1-5,11,17,19H,6-7H2. The summed E-state index contributed by atoms with van der Waals surface area (Å²) >= 11 is 5.78. The molecule has 1 heterocycles. The maximum absolute atomic E-state index is 11.7. The van der Waals surface area contributed by atoms with Crippen LogP contribution in [0.25, 0.3) is 0 Å². The van der Waals surface area contributed by atoms with E-state index in [1.54, 1.807) is 12.1 Å². The zero-order valence-electron chi connectivity index (χ0n) is 11.2. The summed E-state index contributed by atoms with van der Waals surface area (Å²) in [4.78, 5) is 22.0. The summed E-state index contributed by atoms with van der Waals surface area (Å²) in [6, 6.07) is 7.09. The van der Waals surface area contributed by atoms with E-state index in [0.29, 0.717) is 10.6 Å². The van der Waals surface area contributed by atoms with Crippen molar-refractivity contribution in [2.75, 3.05) is 6.54 Å². The second kappa shape index (κ2) is 6.59. The fraction of sp³-hybridized carbons (Fsp3) is 0.214. The highest BCUT2D eigenvalue weighted by molar-refractivity contribution is 6.30. The summed E-state index contributed by atoms with van der Waals surface area (Å²) in [5.74, 6) is -2.03. The third kappa shape index (κ3) is 3.44. The van der Waals surface area contributed by atoms with Gasteiger partial charge in [-0.05, 0) is 17.7 Å². The number of aliphatic hydroxyl groups is 1. The van der Waals surface area contributed by atoms with Crippen molar-refractivity contribution in [1.82, 2.24) is 0 Å². The molecule has 2 N–H and O–H groups in total. The van der Waals surface area contributed by atoms with Crippen LogP contribution in [-0.4, -0.2) is 21.7 Å². The summed E-state index contributed by atoms with van der Waals surface area (Å²) in [6.45, 7) is -1.15. The zero-order chi connectivity index (χ0) is 16.3. The van der Waals surface area contributed by atoms with Gasteiger partial charge in [0, 0.05) is 16.0 Å². The molecule has 1 unspecified atom stereocenters. The number of aliphatic hydroxyl groups excluding tert-OH is 1. The molecule has 1 aromatic heterocycles. The Morgan fingerprint density at radius 3 is 2.50 bits per heavy atom. The minimum absolute atomic E-state index is 0.0832. The number of hydrogen-bond donors (Lipinski definition) is 2. The molecule has 0 aliphatic heterocycles. The van der Waals surface area contributed by atoms with E-state index in [4.69, 9.17) is 21.1 Å². The molecule has 0 saturated heterocycles. The Morgan fingerprint density at radius 2 is 1.95 bits per heavy atom. The maximum Gasteiger partial charge on any atom is 0.227 e. The average Bonchev–Trinajstić information content (AvgIpc) is 2.48. The van der Waals surface area contributed by atoms with Crippen LogP contribution in [0.2, 0.25) is 5.02 Å². The molecule has 2 rings (SSSR count). The highest BCUT2D eigenvalue weighted by atomic mass is 35.5. The monoisotopic (exact) mass is 325 g/mol. The summed E-state index contributed by atoms with van der Waals surface area (Å²) in [6.07, 6.45) is 0. The second-order valence-corrected chi connectivity index (χ2v) is 5.00. The van der Waals surface area contributed by atoms with Crippen molar-refractivity contribution in [2.24, 2.45) is 0 Å². The summed E-state index contributed by atoms with van der Waals surface area (Å²) in [5.41, 5.74) is -0.317. The van der Waals surface area contributed by atoms with Gasteiger partial charge >= 0.3 is 0 Å². The predicted octanol–water partition coefficient (Wildman–Crippen LogP) is 1.90. The maximum atomic E-state index is 11.7. The van der Waals surface area contributed by atoms with E-state index in [2.05, 4.69) is 0 Å². The van der Waals surface area contributed by atoms with Gasteiger partial charge in [0.05, 0.1) is 0 Å². The van der Waals surface area contributed by atoms with Crippen LogP contribution in [0.3, 0.4) is 0 Å². The van der Waals surface area contributed by atoms with Crippen molar-refractivity contribution in [3.05, 3.63) is 72.8 Å². The molecule has 0 amide bonds. The Hall–Kier alpha value is -2.38. The smallest absolute Gasteiger partial charge is 0.227 e. The SMILES string of the molecule is O=c1cc(CO)oc(C(C[N+](=O)[O-])c2ccc(Cl)cc2)c1O. The molecule has 0 bridgehead atoms. The van der Waals surface area contributed by atoms with Gasteiger partial charge in [0.25, 0.3) is 0 Å². The molecule has 0 saturated carbocycles. The van der Waals surface area contributed by atoms with E-state index >= 15 is 0 Å². The minimum atomic E-state index is -0.980. The van der Waals surface area contributed by atoms with Crippen LogP contribution in [-0.2, 0) is 6.61 Å². The lowest BCUT2D eigenvalue weighted by molar-refractivity contribution is -0.482. The van der Waals surface area contributed by atoms with Gasteiger partial charge in [-0.3, -0.25) is 14.9 Å². The minimum Gasteiger partial charge on any atom is -0.502 e. The Balaban J connectivity index is 2.59. The highest BCUT2D eigenvalue weighted by Crippen LogP contribution is 2.31. The molecule has 0 fully saturated rings. The molecule has 22 heavy (non-hydrogen) atoms. The molecule has 0 radical (unpaired) electrons. The number of nitrogens with zero attached hydrogens (tertiary/aromatic N) is 1. The third-order valence-electron chi connectivity index (χ3n) is 3.08. The highest BCUT2D eigenvalue weighted by Gasteiger charge is 2.27. The first-order valence-corrected chi connectivity index (χ1v) is 6.64. The number of halogens is 1. The van der Waals surface area contributed by atoms with Crippen molar-refractivity contribution >= 4 is 11.6 Å². The van der Waals surface area contributed by atoms with E-state index in [1.807, 2.05) is 0 Å². The fourth-order valence-electron chi connectivity index (χ4n) is 2.05. The van der Waals surface area contributed by atoms with Crippen LogP contribution < -0.4 is 5.43 Å². The van der Waals surface area contributed by atoms with Gasteiger partial charge < -0.3 is 14.6 Å². The quantitative estimate of drug-likeness (QED) is 0.641. The number of rotatable bonds is 5. The molecule has 116 valence electrons. The molecule has 0 aliphatic carbocycles. The molecule has 1 atom stereocenters. The van der Waals surface area contributed by atoms with E-state index < -0.39 is 35.2 Å². The lowest BCUT2D eigenvalue weighted by Gasteiger charge is -2.14. The van der Waals surface area contributed by atoms with E-state index in [9.17, 15) is 20.0 Å². The third-order valence-corrected chi connectivity index (χ3v) is 3.33. The summed E-state index contributed by atoms with van der Waals surface area (Å²) < 4.78 is 5.25. The van der Waals surface area contributed by atoms with Crippen LogP contribution in [0.1, 0.15) is 23.0 Å². The molecule has 0 aliphatic rings.